The van der Waals surface area contributed by atoms with Crippen LogP contribution >= 0.6 is 11.8 Å². The zero-order chi connectivity index (χ0) is 19.7. The summed E-state index contributed by atoms with van der Waals surface area (Å²) in [4.78, 5) is 36.3. The van der Waals surface area contributed by atoms with Crippen molar-refractivity contribution >= 4 is 29.3 Å². The smallest absolute Gasteiger partial charge is 0.242 e. The van der Waals surface area contributed by atoms with Gasteiger partial charge in [0.2, 0.25) is 11.8 Å². The van der Waals surface area contributed by atoms with Gasteiger partial charge in [-0.05, 0) is 64.3 Å². The predicted octanol–water partition coefficient (Wildman–Crippen LogP) is 2.61. The fraction of sp³-hybridized carbons (Fsp3) is 0.667. The summed E-state index contributed by atoms with van der Waals surface area (Å²) >= 11 is 1.47. The quantitative estimate of drug-likeness (QED) is 0.778. The first-order valence-corrected chi connectivity index (χ1v) is 11.4. The highest BCUT2D eigenvalue weighted by molar-refractivity contribution is 8.00. The maximum atomic E-state index is 13.0. The average molecular weight is 403 g/mol. The van der Waals surface area contributed by atoms with Crippen molar-refractivity contribution in [1.29, 1.82) is 0 Å². The summed E-state index contributed by atoms with van der Waals surface area (Å²) in [7, 11) is 0. The van der Waals surface area contributed by atoms with Gasteiger partial charge in [0, 0.05) is 24.8 Å². The van der Waals surface area contributed by atoms with E-state index in [9.17, 15) is 9.59 Å². The van der Waals surface area contributed by atoms with Gasteiger partial charge >= 0.3 is 0 Å². The summed E-state index contributed by atoms with van der Waals surface area (Å²) in [5, 5.41) is 0.869. The van der Waals surface area contributed by atoms with E-state index in [4.69, 9.17) is 0 Å². The monoisotopic (exact) mass is 402 g/mol. The lowest BCUT2D eigenvalue weighted by atomic mass is 10.00. The summed E-state index contributed by atoms with van der Waals surface area (Å²) in [6, 6.07) is 2.60. The number of amides is 2. The molecule has 28 heavy (non-hydrogen) atoms. The number of hydrogen-bond acceptors (Lipinski definition) is 5. The molecule has 6 nitrogen and oxygen atoms in total. The summed E-state index contributed by atoms with van der Waals surface area (Å²) in [5.41, 5.74) is 2.78. The van der Waals surface area contributed by atoms with Gasteiger partial charge in [-0.25, -0.2) is 4.98 Å². The number of likely N-dealkylation sites (tertiary alicyclic amines) is 2. The summed E-state index contributed by atoms with van der Waals surface area (Å²) < 4.78 is 0. The van der Waals surface area contributed by atoms with Crippen LogP contribution in [0, 0.1) is 13.8 Å². The number of pyridine rings is 1. The molecule has 2 saturated heterocycles. The molecule has 4 rings (SSSR count). The number of hydrogen-bond donors (Lipinski definition) is 0. The van der Waals surface area contributed by atoms with Crippen LogP contribution in [0.15, 0.2) is 11.1 Å². The van der Waals surface area contributed by atoms with E-state index in [1.165, 1.54) is 44.1 Å². The van der Waals surface area contributed by atoms with E-state index in [1.54, 1.807) is 4.90 Å². The van der Waals surface area contributed by atoms with Gasteiger partial charge in [-0.2, -0.15) is 0 Å². The zero-order valence-electron chi connectivity index (χ0n) is 16.9. The lowest BCUT2D eigenvalue weighted by Gasteiger charge is -2.40. The van der Waals surface area contributed by atoms with Gasteiger partial charge in [0.1, 0.15) is 11.6 Å². The number of piperidine rings is 2. The molecule has 0 unspecified atom stereocenters. The van der Waals surface area contributed by atoms with E-state index < -0.39 is 0 Å². The molecule has 3 aliphatic heterocycles. The van der Waals surface area contributed by atoms with Crippen LogP contribution in [0.4, 0.5) is 5.69 Å². The lowest BCUT2D eigenvalue weighted by molar-refractivity contribution is -0.132. The van der Waals surface area contributed by atoms with E-state index in [-0.39, 0.29) is 18.4 Å². The SMILES string of the molecule is Cc1cc(C)c2c(n1)SCC(=O)N2CC(=O)N1CCC(N2CCCCC2)CC1. The number of aromatic nitrogens is 1. The number of nitrogens with zero attached hydrogens (tertiary/aromatic N) is 4. The van der Waals surface area contributed by atoms with E-state index in [0.717, 1.165) is 47.9 Å². The fourth-order valence-corrected chi connectivity index (χ4v) is 5.76. The van der Waals surface area contributed by atoms with Gasteiger partial charge in [0.05, 0.1) is 11.4 Å². The first-order chi connectivity index (χ1) is 13.5. The third kappa shape index (κ3) is 4.06. The Labute approximate surface area is 171 Å². The van der Waals surface area contributed by atoms with Crippen molar-refractivity contribution in [1.82, 2.24) is 14.8 Å². The van der Waals surface area contributed by atoms with Crippen molar-refractivity contribution in [3.05, 3.63) is 17.3 Å². The number of carbonyl (C=O) groups is 2. The molecule has 0 atom stereocenters. The maximum absolute atomic E-state index is 13.0. The van der Waals surface area contributed by atoms with Gasteiger partial charge in [-0.1, -0.05) is 18.2 Å². The highest BCUT2D eigenvalue weighted by Crippen LogP contribution is 2.36. The van der Waals surface area contributed by atoms with Gasteiger partial charge in [0.15, 0.2) is 0 Å². The van der Waals surface area contributed by atoms with Gasteiger partial charge < -0.3 is 9.80 Å². The zero-order valence-corrected chi connectivity index (χ0v) is 17.8. The van der Waals surface area contributed by atoms with Gasteiger partial charge in [0.25, 0.3) is 0 Å². The van der Waals surface area contributed by atoms with Crippen molar-refractivity contribution in [3.63, 3.8) is 0 Å². The Bertz CT molecular complexity index is 755. The number of aryl methyl sites for hydroxylation is 2. The molecule has 3 aliphatic rings. The molecule has 2 amide bonds. The second kappa shape index (κ2) is 8.41. The Morgan fingerprint density at radius 3 is 2.57 bits per heavy atom. The molecule has 0 saturated carbocycles. The summed E-state index contributed by atoms with van der Waals surface area (Å²) in [5.74, 6) is 0.416. The average Bonchev–Trinajstić information content (AvgIpc) is 2.70. The topological polar surface area (TPSA) is 56.8 Å². The number of carbonyl (C=O) groups excluding carboxylic acids is 2. The molecular formula is C21H30N4O2S. The Balaban J connectivity index is 1.40. The molecule has 0 aliphatic carbocycles. The maximum Gasteiger partial charge on any atom is 0.242 e. The van der Waals surface area contributed by atoms with Crippen LogP contribution in [0.2, 0.25) is 0 Å². The van der Waals surface area contributed by atoms with Crippen LogP contribution < -0.4 is 4.90 Å². The van der Waals surface area contributed by atoms with E-state index in [1.807, 2.05) is 24.8 Å². The molecule has 0 N–H and O–H groups in total. The Morgan fingerprint density at radius 2 is 1.86 bits per heavy atom. The van der Waals surface area contributed by atoms with Crippen LogP contribution in [0.1, 0.15) is 43.4 Å². The van der Waals surface area contributed by atoms with Crippen LogP contribution in [0.3, 0.4) is 0 Å². The predicted molar refractivity (Wildman–Crippen MR) is 112 cm³/mol. The normalized spacial score (nSPS) is 21.7. The molecule has 4 heterocycles. The number of rotatable bonds is 3. The second-order valence-corrected chi connectivity index (χ2v) is 9.18. The standard InChI is InChI=1S/C21H30N4O2S/c1-15-12-16(2)22-21-20(15)25(19(27)14-28-21)13-18(26)24-10-6-17(7-11-24)23-8-4-3-5-9-23/h12,17H,3-11,13-14H2,1-2H3. The van der Waals surface area contributed by atoms with Crippen molar-refractivity contribution in [2.75, 3.05) is 43.4 Å². The third-order valence-electron chi connectivity index (χ3n) is 6.20. The highest BCUT2D eigenvalue weighted by Gasteiger charge is 2.32. The number of anilines is 1. The molecule has 7 heteroatoms. The molecule has 0 spiro atoms. The lowest BCUT2D eigenvalue weighted by Crippen LogP contribution is -2.51. The summed E-state index contributed by atoms with van der Waals surface area (Å²) in [6.07, 6.45) is 6.06. The fourth-order valence-electron chi connectivity index (χ4n) is 4.72. The van der Waals surface area contributed by atoms with Crippen molar-refractivity contribution < 1.29 is 9.59 Å². The molecule has 1 aromatic heterocycles. The second-order valence-electron chi connectivity index (χ2n) is 8.21. The summed E-state index contributed by atoms with van der Waals surface area (Å²) in [6.45, 7) is 8.11. The molecule has 152 valence electrons. The van der Waals surface area contributed by atoms with Crippen LogP contribution in [-0.2, 0) is 9.59 Å². The third-order valence-corrected chi connectivity index (χ3v) is 7.15. The van der Waals surface area contributed by atoms with Crippen molar-refractivity contribution in [3.8, 4) is 0 Å². The van der Waals surface area contributed by atoms with Gasteiger partial charge in [-0.15, -0.1) is 0 Å². The van der Waals surface area contributed by atoms with E-state index in [0.29, 0.717) is 11.8 Å². The van der Waals surface area contributed by atoms with Crippen LogP contribution in [0.25, 0.3) is 0 Å². The first-order valence-electron chi connectivity index (χ1n) is 10.5. The van der Waals surface area contributed by atoms with Crippen LogP contribution in [0.5, 0.6) is 0 Å². The minimum absolute atomic E-state index is 0.00260. The molecular weight excluding hydrogens is 372 g/mol. The molecule has 1 aromatic rings. The molecule has 2 fully saturated rings. The van der Waals surface area contributed by atoms with Crippen molar-refractivity contribution in [2.45, 2.75) is 57.0 Å². The molecule has 0 aromatic carbocycles. The Morgan fingerprint density at radius 1 is 1.14 bits per heavy atom. The number of thioether (sulfide) groups is 1. The van der Waals surface area contributed by atoms with Gasteiger partial charge in [-0.3, -0.25) is 14.5 Å². The van der Waals surface area contributed by atoms with Crippen molar-refractivity contribution in [2.24, 2.45) is 0 Å². The Hall–Kier alpha value is -1.60. The van der Waals surface area contributed by atoms with E-state index >= 15 is 0 Å². The largest absolute Gasteiger partial charge is 0.341 e. The van der Waals surface area contributed by atoms with Crippen LogP contribution in [-0.4, -0.2) is 71.1 Å². The number of fused-ring (bicyclic) bond motifs is 1. The minimum atomic E-state index is 0.00260. The first kappa shape index (κ1) is 19.7. The molecule has 0 radical (unpaired) electrons. The Kier molecular flexibility index (Phi) is 5.92. The van der Waals surface area contributed by atoms with E-state index in [2.05, 4.69) is 9.88 Å². The highest BCUT2D eigenvalue weighted by atomic mass is 32.2. The minimum Gasteiger partial charge on any atom is -0.341 e. The molecule has 0 bridgehead atoms.